The van der Waals surface area contributed by atoms with E-state index >= 15 is 0 Å². The molecule has 1 amide bonds. The van der Waals surface area contributed by atoms with Crippen molar-refractivity contribution in [2.75, 3.05) is 5.32 Å². The van der Waals surface area contributed by atoms with Crippen LogP contribution in [0.2, 0.25) is 0 Å². The van der Waals surface area contributed by atoms with E-state index in [1.807, 2.05) is 0 Å². The van der Waals surface area contributed by atoms with Gasteiger partial charge in [-0.2, -0.15) is 23.4 Å². The summed E-state index contributed by atoms with van der Waals surface area (Å²) in [4.78, 5) is 16.7. The number of para-hydroxylation sites is 1. The molecule has 4 aromatic rings. The smallest absolute Gasteiger partial charge is 0.306 e. The van der Waals surface area contributed by atoms with Gasteiger partial charge in [0, 0.05) is 18.5 Å². The van der Waals surface area contributed by atoms with Crippen LogP contribution in [0.25, 0.3) is 11.3 Å². The molecule has 136 valence electrons. The van der Waals surface area contributed by atoms with Crippen LogP contribution in [0.4, 0.5) is 19.0 Å². The number of benzene rings is 1. The zero-order valence-electron chi connectivity index (χ0n) is 13.6. The van der Waals surface area contributed by atoms with Crippen molar-refractivity contribution in [1.29, 1.82) is 0 Å². The van der Waals surface area contributed by atoms with Gasteiger partial charge in [-0.05, 0) is 18.2 Å². The predicted molar refractivity (Wildman–Crippen MR) is 89.5 cm³/mol. The predicted octanol–water partition coefficient (Wildman–Crippen LogP) is 3.19. The number of aromatic nitrogens is 5. The summed E-state index contributed by atoms with van der Waals surface area (Å²) in [6, 6.07) is 8.06. The molecule has 0 radical (unpaired) electrons. The maximum Gasteiger partial charge on any atom is 0.418 e. The lowest BCUT2D eigenvalue weighted by molar-refractivity contribution is -0.137. The molecule has 10 heteroatoms. The minimum Gasteiger partial charge on any atom is -0.306 e. The van der Waals surface area contributed by atoms with E-state index in [2.05, 4.69) is 20.5 Å². The molecule has 1 N–H and O–H groups in total. The number of nitrogens with one attached hydrogen (secondary N) is 1. The Labute approximate surface area is 150 Å². The highest BCUT2D eigenvalue weighted by Gasteiger charge is 2.34. The van der Waals surface area contributed by atoms with Crippen LogP contribution < -0.4 is 5.32 Å². The molecule has 0 aliphatic heterocycles. The third kappa shape index (κ3) is 3.01. The van der Waals surface area contributed by atoms with Gasteiger partial charge in [0.15, 0.2) is 5.65 Å². The third-order valence-corrected chi connectivity index (χ3v) is 3.85. The number of anilines is 1. The van der Waals surface area contributed by atoms with Crippen LogP contribution in [0.1, 0.15) is 15.9 Å². The molecule has 0 atom stereocenters. The Morgan fingerprint density at radius 1 is 1.04 bits per heavy atom. The molecule has 0 saturated heterocycles. The number of amides is 1. The molecule has 0 bridgehead atoms. The molecular weight excluding hydrogens is 361 g/mol. The van der Waals surface area contributed by atoms with Gasteiger partial charge in [-0.1, -0.05) is 12.1 Å². The molecule has 1 aromatic carbocycles. The molecule has 0 aliphatic carbocycles. The minimum absolute atomic E-state index is 0.0898. The monoisotopic (exact) mass is 372 g/mol. The number of carbonyl (C=O) groups excluding carboxylic acids is 1. The second-order valence-corrected chi connectivity index (χ2v) is 5.54. The first-order chi connectivity index (χ1) is 12.9. The maximum atomic E-state index is 13.3. The highest BCUT2D eigenvalue weighted by atomic mass is 19.4. The van der Waals surface area contributed by atoms with Crippen molar-refractivity contribution >= 4 is 17.4 Å². The molecule has 7 nitrogen and oxygen atoms in total. The van der Waals surface area contributed by atoms with Crippen molar-refractivity contribution < 1.29 is 18.0 Å². The lowest BCUT2D eigenvalue weighted by Gasteiger charge is -2.14. The van der Waals surface area contributed by atoms with Gasteiger partial charge < -0.3 is 5.32 Å². The summed E-state index contributed by atoms with van der Waals surface area (Å²) >= 11 is 0. The molecule has 0 saturated carbocycles. The fraction of sp³-hybridized carbons (Fsp3) is 0.0588. The van der Waals surface area contributed by atoms with E-state index in [-0.39, 0.29) is 17.1 Å². The summed E-state index contributed by atoms with van der Waals surface area (Å²) in [6.07, 6.45) is 1.22. The molecular formula is C17H11F3N6O. The first-order valence-electron chi connectivity index (χ1n) is 7.75. The number of halogens is 3. The van der Waals surface area contributed by atoms with Crippen LogP contribution in [0.3, 0.4) is 0 Å². The van der Waals surface area contributed by atoms with Crippen molar-refractivity contribution in [1.82, 2.24) is 24.4 Å². The molecule has 0 spiro atoms. The summed E-state index contributed by atoms with van der Waals surface area (Å²) < 4.78 is 42.3. The number of hydrogen-bond acceptors (Lipinski definition) is 4. The van der Waals surface area contributed by atoms with E-state index in [9.17, 15) is 18.0 Å². The Kier molecular flexibility index (Phi) is 3.87. The lowest BCUT2D eigenvalue weighted by Crippen LogP contribution is -2.17. The highest BCUT2D eigenvalue weighted by molar-refractivity contribution is 6.07. The first-order valence-corrected chi connectivity index (χ1v) is 7.75. The Morgan fingerprint density at radius 2 is 1.85 bits per heavy atom. The summed E-state index contributed by atoms with van der Waals surface area (Å²) in [5.41, 5.74) is -0.533. The van der Waals surface area contributed by atoms with Crippen molar-refractivity contribution in [2.45, 2.75) is 6.18 Å². The van der Waals surface area contributed by atoms with Gasteiger partial charge in [0.2, 0.25) is 0 Å². The van der Waals surface area contributed by atoms with Crippen molar-refractivity contribution in [3.8, 4) is 5.69 Å². The van der Waals surface area contributed by atoms with E-state index in [1.54, 1.807) is 12.3 Å². The normalized spacial score (nSPS) is 11.7. The van der Waals surface area contributed by atoms with Crippen LogP contribution in [-0.2, 0) is 6.18 Å². The van der Waals surface area contributed by atoms with Gasteiger partial charge in [-0.3, -0.25) is 4.79 Å². The van der Waals surface area contributed by atoms with Gasteiger partial charge in [0.05, 0.1) is 23.6 Å². The summed E-state index contributed by atoms with van der Waals surface area (Å²) in [5, 5.41) is 10.5. The van der Waals surface area contributed by atoms with Crippen molar-refractivity contribution in [3.63, 3.8) is 0 Å². The van der Waals surface area contributed by atoms with Gasteiger partial charge in [0.1, 0.15) is 11.4 Å². The lowest BCUT2D eigenvalue weighted by atomic mass is 10.1. The average Bonchev–Trinajstić information content (AvgIpc) is 3.27. The van der Waals surface area contributed by atoms with Crippen LogP contribution in [0.5, 0.6) is 0 Å². The van der Waals surface area contributed by atoms with Crippen LogP contribution in [-0.4, -0.2) is 30.3 Å². The number of rotatable bonds is 3. The number of hydrogen-bond donors (Lipinski definition) is 1. The Balaban J connectivity index is 1.71. The molecule has 0 unspecified atom stereocenters. The van der Waals surface area contributed by atoms with Gasteiger partial charge in [-0.15, -0.1) is 0 Å². The van der Waals surface area contributed by atoms with Crippen molar-refractivity contribution in [3.05, 3.63) is 72.3 Å². The van der Waals surface area contributed by atoms with E-state index < -0.39 is 17.6 Å². The summed E-state index contributed by atoms with van der Waals surface area (Å²) in [7, 11) is 0. The van der Waals surface area contributed by atoms with Crippen LogP contribution >= 0.6 is 0 Å². The van der Waals surface area contributed by atoms with Gasteiger partial charge >= 0.3 is 6.18 Å². The Bertz CT molecular complexity index is 1130. The second kappa shape index (κ2) is 6.24. The number of alkyl halides is 3. The van der Waals surface area contributed by atoms with E-state index in [0.717, 1.165) is 10.7 Å². The standard InChI is InChI=1S/C17H11F3N6O/c18-17(19,20)12-4-1-2-5-13(12)26-14(6-8-22-26)24-16(27)11-10-23-25-9-3-7-21-15(11)25/h1-10H,(H,24,27). The Hall–Kier alpha value is -3.69. The van der Waals surface area contributed by atoms with Crippen molar-refractivity contribution in [2.24, 2.45) is 0 Å². The second-order valence-electron chi connectivity index (χ2n) is 5.54. The quantitative estimate of drug-likeness (QED) is 0.599. The third-order valence-electron chi connectivity index (χ3n) is 3.85. The molecule has 3 heterocycles. The molecule has 27 heavy (non-hydrogen) atoms. The highest BCUT2D eigenvalue weighted by Crippen LogP contribution is 2.34. The van der Waals surface area contributed by atoms with E-state index in [1.165, 1.54) is 47.4 Å². The number of carbonyl (C=O) groups is 1. The minimum atomic E-state index is -4.56. The summed E-state index contributed by atoms with van der Waals surface area (Å²) in [5.74, 6) is -0.470. The number of nitrogens with zero attached hydrogens (tertiary/aromatic N) is 5. The topological polar surface area (TPSA) is 77.1 Å². The molecule has 0 fully saturated rings. The zero-order valence-corrected chi connectivity index (χ0v) is 13.6. The molecule has 0 aliphatic rings. The average molecular weight is 372 g/mol. The number of fused-ring (bicyclic) bond motifs is 1. The van der Waals surface area contributed by atoms with Gasteiger partial charge in [0.25, 0.3) is 5.91 Å². The first kappa shape index (κ1) is 16.8. The van der Waals surface area contributed by atoms with E-state index in [4.69, 9.17) is 0 Å². The summed E-state index contributed by atoms with van der Waals surface area (Å²) in [6.45, 7) is 0. The fourth-order valence-electron chi connectivity index (χ4n) is 2.66. The van der Waals surface area contributed by atoms with Crippen LogP contribution in [0, 0.1) is 0 Å². The Morgan fingerprint density at radius 3 is 2.67 bits per heavy atom. The largest absolute Gasteiger partial charge is 0.418 e. The van der Waals surface area contributed by atoms with Crippen LogP contribution in [0.15, 0.2) is 61.2 Å². The SMILES string of the molecule is O=C(Nc1ccnn1-c1ccccc1C(F)(F)F)c1cnn2cccnc12. The molecule has 4 rings (SSSR count). The maximum absolute atomic E-state index is 13.3. The molecule has 3 aromatic heterocycles. The fourth-order valence-corrected chi connectivity index (χ4v) is 2.66. The zero-order chi connectivity index (χ0) is 19.0. The van der Waals surface area contributed by atoms with Gasteiger partial charge in [-0.25, -0.2) is 14.2 Å². The van der Waals surface area contributed by atoms with E-state index in [0.29, 0.717) is 5.65 Å².